The van der Waals surface area contributed by atoms with Crippen LogP contribution in [-0.2, 0) is 29.1 Å². The van der Waals surface area contributed by atoms with E-state index in [0.717, 1.165) is 21.6 Å². The highest BCUT2D eigenvalue weighted by Gasteiger charge is 2.37. The maximum atomic E-state index is 13.7. The van der Waals surface area contributed by atoms with Crippen molar-refractivity contribution in [2.75, 3.05) is 11.9 Å². The topological polar surface area (TPSA) is 69.7 Å². The van der Waals surface area contributed by atoms with Gasteiger partial charge in [-0.15, -0.1) is 0 Å². The highest BCUT2D eigenvalue weighted by atomic mass is 35.5. The lowest BCUT2D eigenvalue weighted by Crippen LogP contribution is -2.34. The molecule has 3 amide bonds. The summed E-state index contributed by atoms with van der Waals surface area (Å²) in [4.78, 5) is 42.5. The molecule has 7 heteroatoms. The van der Waals surface area contributed by atoms with E-state index in [9.17, 15) is 14.4 Å². The lowest BCUT2D eigenvalue weighted by atomic mass is 10.1. The molecule has 0 atom stereocenters. The van der Waals surface area contributed by atoms with Gasteiger partial charge >= 0.3 is 0 Å². The molecule has 0 saturated carbocycles. The summed E-state index contributed by atoms with van der Waals surface area (Å²) in [5.41, 5.74) is 4.00. The Balaban J connectivity index is 1.32. The molecular weight excluding hydrogens is 522 g/mol. The molecule has 0 spiro atoms. The number of halogens is 1. The van der Waals surface area contributed by atoms with Crippen LogP contribution < -0.4 is 5.32 Å². The zero-order chi connectivity index (χ0) is 27.9. The van der Waals surface area contributed by atoms with E-state index < -0.39 is 11.8 Å². The standard InChI is InChI=1S/C33H28ClN3O3/c34-29-30(33(40)37(32(29)39)20-19-24-11-4-1-5-12-24)35-28-18-10-17-27(21-28)31(38)36(22-25-13-6-2-7-14-25)23-26-15-8-3-9-16-26/h1-18,21,35H,19-20,22-23H2. The summed E-state index contributed by atoms with van der Waals surface area (Å²) in [5, 5.41) is 2.84. The summed E-state index contributed by atoms with van der Waals surface area (Å²) in [6, 6.07) is 36.2. The summed E-state index contributed by atoms with van der Waals surface area (Å²) in [6.07, 6.45) is 0.526. The van der Waals surface area contributed by atoms with Crippen LogP contribution in [0.4, 0.5) is 5.69 Å². The molecule has 0 saturated heterocycles. The van der Waals surface area contributed by atoms with E-state index in [1.807, 2.05) is 91.0 Å². The monoisotopic (exact) mass is 549 g/mol. The Kier molecular flexibility index (Phi) is 8.38. The predicted molar refractivity (Wildman–Crippen MR) is 156 cm³/mol. The van der Waals surface area contributed by atoms with Crippen molar-refractivity contribution < 1.29 is 14.4 Å². The zero-order valence-electron chi connectivity index (χ0n) is 21.8. The zero-order valence-corrected chi connectivity index (χ0v) is 22.6. The second kappa shape index (κ2) is 12.5. The molecule has 5 rings (SSSR count). The number of anilines is 1. The van der Waals surface area contributed by atoms with Crippen LogP contribution in [0.15, 0.2) is 126 Å². The van der Waals surface area contributed by atoms with E-state index in [4.69, 9.17) is 11.6 Å². The number of hydrogen-bond acceptors (Lipinski definition) is 4. The molecule has 40 heavy (non-hydrogen) atoms. The van der Waals surface area contributed by atoms with Crippen LogP contribution >= 0.6 is 11.6 Å². The summed E-state index contributed by atoms with van der Waals surface area (Å²) in [5.74, 6) is -1.18. The highest BCUT2D eigenvalue weighted by Crippen LogP contribution is 2.27. The number of carbonyl (C=O) groups excluding carboxylic acids is 3. The molecule has 4 aromatic carbocycles. The number of nitrogens with one attached hydrogen (secondary N) is 1. The van der Waals surface area contributed by atoms with E-state index in [-0.39, 0.29) is 23.2 Å². The maximum absolute atomic E-state index is 13.7. The second-order valence-electron chi connectivity index (χ2n) is 9.52. The number of nitrogens with zero attached hydrogens (tertiary/aromatic N) is 2. The molecule has 6 nitrogen and oxygen atoms in total. The van der Waals surface area contributed by atoms with Crippen molar-refractivity contribution in [1.29, 1.82) is 0 Å². The Hall–Kier alpha value is -4.68. The van der Waals surface area contributed by atoms with E-state index in [0.29, 0.717) is 30.8 Å². The number of benzene rings is 4. The molecule has 0 fully saturated rings. The molecule has 0 aromatic heterocycles. The molecule has 0 unspecified atom stereocenters. The number of rotatable bonds is 10. The minimum Gasteiger partial charge on any atom is -0.350 e. The first-order valence-corrected chi connectivity index (χ1v) is 13.4. The predicted octanol–water partition coefficient (Wildman–Crippen LogP) is 6.00. The van der Waals surface area contributed by atoms with Crippen LogP contribution in [-0.4, -0.2) is 34.1 Å². The van der Waals surface area contributed by atoms with Gasteiger partial charge < -0.3 is 10.2 Å². The van der Waals surface area contributed by atoms with Crippen molar-refractivity contribution in [3.63, 3.8) is 0 Å². The van der Waals surface area contributed by atoms with Crippen molar-refractivity contribution in [3.05, 3.63) is 148 Å². The first-order chi connectivity index (χ1) is 19.5. The molecule has 4 aromatic rings. The SMILES string of the molecule is O=C(c1cccc(NC2=C(Cl)C(=O)N(CCc3ccccc3)C2=O)c1)N(Cc1ccccc1)Cc1ccccc1. The summed E-state index contributed by atoms with van der Waals surface area (Å²) >= 11 is 6.31. The molecule has 1 aliphatic heterocycles. The smallest absolute Gasteiger partial charge is 0.278 e. The Morgan fingerprint density at radius 2 is 1.25 bits per heavy atom. The Morgan fingerprint density at radius 3 is 1.82 bits per heavy atom. The van der Waals surface area contributed by atoms with Gasteiger partial charge in [-0.25, -0.2) is 0 Å². The van der Waals surface area contributed by atoms with Gasteiger partial charge in [0.2, 0.25) is 0 Å². The van der Waals surface area contributed by atoms with Crippen molar-refractivity contribution >= 4 is 35.0 Å². The van der Waals surface area contributed by atoms with E-state index in [2.05, 4.69) is 5.32 Å². The number of amides is 3. The van der Waals surface area contributed by atoms with Crippen molar-refractivity contribution in [2.24, 2.45) is 0 Å². The lowest BCUT2D eigenvalue weighted by Gasteiger charge is -2.23. The second-order valence-corrected chi connectivity index (χ2v) is 9.90. The van der Waals surface area contributed by atoms with Gasteiger partial charge in [0.25, 0.3) is 17.7 Å². The van der Waals surface area contributed by atoms with Gasteiger partial charge in [-0.05, 0) is 41.3 Å². The van der Waals surface area contributed by atoms with Gasteiger partial charge in [-0.3, -0.25) is 19.3 Å². The van der Waals surface area contributed by atoms with Crippen LogP contribution in [0, 0.1) is 0 Å². The third-order valence-corrected chi connectivity index (χ3v) is 7.03. The number of carbonyl (C=O) groups is 3. The van der Waals surface area contributed by atoms with Crippen molar-refractivity contribution in [1.82, 2.24) is 9.80 Å². The minimum absolute atomic E-state index is 0.00903. The third-order valence-electron chi connectivity index (χ3n) is 6.68. The molecule has 200 valence electrons. The molecule has 1 N–H and O–H groups in total. The highest BCUT2D eigenvalue weighted by molar-refractivity contribution is 6.48. The van der Waals surface area contributed by atoms with Gasteiger partial charge in [0.05, 0.1) is 0 Å². The van der Waals surface area contributed by atoms with E-state index in [1.165, 1.54) is 0 Å². The normalized spacial score (nSPS) is 13.1. The van der Waals surface area contributed by atoms with Crippen LogP contribution in [0.2, 0.25) is 0 Å². The fraction of sp³-hybridized carbons (Fsp3) is 0.121. The van der Waals surface area contributed by atoms with Gasteiger partial charge in [-0.1, -0.05) is 109 Å². The van der Waals surface area contributed by atoms with Crippen molar-refractivity contribution in [2.45, 2.75) is 19.5 Å². The molecule has 0 aliphatic carbocycles. The molecule has 1 heterocycles. The molecule has 0 radical (unpaired) electrons. The Bertz CT molecular complexity index is 1500. The van der Waals surface area contributed by atoms with Crippen LogP contribution in [0.25, 0.3) is 0 Å². The molecule has 1 aliphatic rings. The quantitative estimate of drug-likeness (QED) is 0.246. The summed E-state index contributed by atoms with van der Waals surface area (Å²) in [7, 11) is 0. The largest absolute Gasteiger partial charge is 0.350 e. The fourth-order valence-corrected chi connectivity index (χ4v) is 4.84. The van der Waals surface area contributed by atoms with Gasteiger partial charge in [0.1, 0.15) is 10.7 Å². The van der Waals surface area contributed by atoms with Crippen LogP contribution in [0.5, 0.6) is 0 Å². The lowest BCUT2D eigenvalue weighted by molar-refractivity contribution is -0.137. The third kappa shape index (κ3) is 6.30. The van der Waals surface area contributed by atoms with Gasteiger partial charge in [0, 0.05) is 30.9 Å². The van der Waals surface area contributed by atoms with Crippen LogP contribution in [0.1, 0.15) is 27.0 Å². The number of hydrogen-bond donors (Lipinski definition) is 1. The molecule has 0 bridgehead atoms. The summed E-state index contributed by atoms with van der Waals surface area (Å²) < 4.78 is 0. The first-order valence-electron chi connectivity index (χ1n) is 13.0. The Morgan fingerprint density at radius 1 is 0.700 bits per heavy atom. The average Bonchev–Trinajstić information content (AvgIpc) is 3.19. The Labute approximate surface area is 238 Å². The minimum atomic E-state index is -0.533. The van der Waals surface area contributed by atoms with Gasteiger partial charge in [0.15, 0.2) is 0 Å². The van der Waals surface area contributed by atoms with Gasteiger partial charge in [-0.2, -0.15) is 0 Å². The van der Waals surface area contributed by atoms with E-state index in [1.54, 1.807) is 29.2 Å². The van der Waals surface area contributed by atoms with Crippen LogP contribution in [0.3, 0.4) is 0 Å². The number of imide groups is 1. The average molecular weight is 550 g/mol. The maximum Gasteiger partial charge on any atom is 0.278 e. The first kappa shape index (κ1) is 26.9. The van der Waals surface area contributed by atoms with E-state index >= 15 is 0 Å². The molecular formula is C33H28ClN3O3. The fourth-order valence-electron chi connectivity index (χ4n) is 4.61. The summed E-state index contributed by atoms with van der Waals surface area (Å²) in [6.45, 7) is 1.09. The van der Waals surface area contributed by atoms with Crippen molar-refractivity contribution in [3.8, 4) is 0 Å².